The average Bonchev–Trinajstić information content (AvgIpc) is 2.67. The summed E-state index contributed by atoms with van der Waals surface area (Å²) in [4.78, 5) is 11.4. The van der Waals surface area contributed by atoms with Crippen LogP contribution in [0.5, 0.6) is 5.88 Å². The summed E-state index contributed by atoms with van der Waals surface area (Å²) in [6, 6.07) is 7.87. The largest absolute Gasteiger partial charge is 0.480 e. The summed E-state index contributed by atoms with van der Waals surface area (Å²) >= 11 is 5.87. The van der Waals surface area contributed by atoms with Crippen molar-refractivity contribution in [2.45, 2.75) is 4.90 Å². The monoisotopic (exact) mass is 415 g/mol. The number of sulfonamides is 1. The van der Waals surface area contributed by atoms with Crippen molar-refractivity contribution in [3.63, 3.8) is 0 Å². The van der Waals surface area contributed by atoms with Gasteiger partial charge in [0.2, 0.25) is 11.8 Å². The molecule has 0 spiro atoms. The number of pyridine rings is 1. The number of aromatic nitrogens is 3. The lowest BCUT2D eigenvalue weighted by atomic mass is 10.2. The van der Waals surface area contributed by atoms with Crippen LogP contribution in [0.25, 0.3) is 0 Å². The Hall–Kier alpha value is -3.35. The Balaban J connectivity index is 1.87. The summed E-state index contributed by atoms with van der Waals surface area (Å²) in [5.41, 5.74) is 6.92. The van der Waals surface area contributed by atoms with Crippen molar-refractivity contribution in [1.29, 1.82) is 0 Å². The number of anilines is 2. The van der Waals surface area contributed by atoms with E-state index in [1.807, 2.05) is 0 Å². The molecule has 0 atom stereocenters. The fourth-order valence-electron chi connectivity index (χ4n) is 2.17. The van der Waals surface area contributed by atoms with Crippen LogP contribution in [0.2, 0.25) is 5.02 Å². The quantitative estimate of drug-likeness (QED) is 0.627. The van der Waals surface area contributed by atoms with Gasteiger partial charge >= 0.3 is 0 Å². The Labute approximate surface area is 166 Å². The van der Waals surface area contributed by atoms with E-state index in [4.69, 9.17) is 22.1 Å². The second-order valence-electron chi connectivity index (χ2n) is 5.43. The average molecular weight is 416 g/mol. The van der Waals surface area contributed by atoms with Crippen molar-refractivity contribution in [3.05, 3.63) is 65.1 Å². The number of ether oxygens (including phenoxy) is 1. The van der Waals surface area contributed by atoms with Gasteiger partial charge in [0.15, 0.2) is 4.90 Å². The fraction of sp³-hybridized carbons (Fsp3) is 0.0556. The van der Waals surface area contributed by atoms with Crippen molar-refractivity contribution in [3.8, 4) is 17.7 Å². The standard InChI is InChI=1S/C18H14ClN5O3S/c1-27-17-16(8-14(19)11-21-17)28(25,26)24-15-4-2-3-12(7-15)5-6-13-9-22-18(20)23-10-13/h2-4,7-11,24H,1H3,(H2,20,22,23). The molecule has 28 heavy (non-hydrogen) atoms. The number of nitrogens with two attached hydrogens (primary N) is 1. The van der Waals surface area contributed by atoms with Gasteiger partial charge in [-0.25, -0.2) is 23.4 Å². The molecule has 0 radical (unpaired) electrons. The van der Waals surface area contributed by atoms with Gasteiger partial charge in [0, 0.05) is 24.2 Å². The number of nitrogens with zero attached hydrogens (tertiary/aromatic N) is 3. The maximum absolute atomic E-state index is 12.7. The highest BCUT2D eigenvalue weighted by Crippen LogP contribution is 2.26. The van der Waals surface area contributed by atoms with Crippen LogP contribution in [0, 0.1) is 11.8 Å². The number of benzene rings is 1. The highest BCUT2D eigenvalue weighted by Gasteiger charge is 2.21. The molecule has 0 fully saturated rings. The van der Waals surface area contributed by atoms with Gasteiger partial charge in [0.1, 0.15) is 0 Å². The van der Waals surface area contributed by atoms with E-state index in [0.29, 0.717) is 16.8 Å². The Bertz CT molecular complexity index is 1170. The van der Waals surface area contributed by atoms with Crippen LogP contribution >= 0.6 is 11.6 Å². The minimum absolute atomic E-state index is 0.0591. The van der Waals surface area contributed by atoms with Crippen molar-refractivity contribution >= 4 is 33.3 Å². The van der Waals surface area contributed by atoms with Crippen LogP contribution in [0.3, 0.4) is 0 Å². The van der Waals surface area contributed by atoms with Crippen LogP contribution in [-0.4, -0.2) is 30.5 Å². The third-order valence-corrected chi connectivity index (χ3v) is 4.99. The van der Waals surface area contributed by atoms with E-state index in [-0.39, 0.29) is 21.7 Å². The molecule has 142 valence electrons. The molecule has 0 aliphatic heterocycles. The molecule has 0 bridgehead atoms. The van der Waals surface area contributed by atoms with Crippen LogP contribution in [-0.2, 0) is 10.0 Å². The summed E-state index contributed by atoms with van der Waals surface area (Å²) in [5.74, 6) is 5.90. The van der Waals surface area contributed by atoms with E-state index in [1.165, 1.54) is 31.8 Å². The molecule has 10 heteroatoms. The van der Waals surface area contributed by atoms with Gasteiger partial charge < -0.3 is 10.5 Å². The number of hydrogen-bond acceptors (Lipinski definition) is 7. The first-order valence-corrected chi connectivity index (χ1v) is 9.65. The third kappa shape index (κ3) is 4.68. The van der Waals surface area contributed by atoms with Gasteiger partial charge in [-0.1, -0.05) is 29.5 Å². The number of methoxy groups -OCH3 is 1. The highest BCUT2D eigenvalue weighted by molar-refractivity contribution is 7.92. The molecule has 2 heterocycles. The smallest absolute Gasteiger partial charge is 0.267 e. The molecule has 3 N–H and O–H groups in total. The lowest BCUT2D eigenvalue weighted by molar-refractivity contribution is 0.385. The van der Waals surface area contributed by atoms with Crippen molar-refractivity contribution in [1.82, 2.24) is 15.0 Å². The molecule has 0 aliphatic rings. The molecule has 0 saturated carbocycles. The fourth-order valence-corrected chi connectivity index (χ4v) is 3.59. The number of nitrogens with one attached hydrogen (secondary N) is 1. The Morgan fingerprint density at radius 2 is 1.79 bits per heavy atom. The Kier molecular flexibility index (Phi) is 5.63. The lowest BCUT2D eigenvalue weighted by Gasteiger charge is -2.11. The second-order valence-corrected chi connectivity index (χ2v) is 7.51. The second kappa shape index (κ2) is 8.12. The third-order valence-electron chi connectivity index (χ3n) is 3.41. The number of halogens is 1. The molecule has 0 amide bonds. The van der Waals surface area contributed by atoms with Gasteiger partial charge in [-0.05, 0) is 24.3 Å². The van der Waals surface area contributed by atoms with Crippen LogP contribution in [0.4, 0.5) is 11.6 Å². The SMILES string of the molecule is COc1ncc(Cl)cc1S(=O)(=O)Nc1cccc(C#Cc2cnc(N)nc2)c1. The van der Waals surface area contributed by atoms with Crippen LogP contribution < -0.4 is 15.2 Å². The Morgan fingerprint density at radius 1 is 1.07 bits per heavy atom. The number of nitrogen functional groups attached to an aromatic ring is 1. The molecule has 1 aromatic carbocycles. The molecule has 3 aromatic rings. The number of rotatable bonds is 4. The zero-order valence-electron chi connectivity index (χ0n) is 14.5. The molecular formula is C18H14ClN5O3S. The van der Waals surface area contributed by atoms with Gasteiger partial charge in [0.25, 0.3) is 10.0 Å². The molecular weight excluding hydrogens is 402 g/mol. The summed E-state index contributed by atoms with van der Waals surface area (Å²) in [5, 5.41) is 0.173. The minimum atomic E-state index is -3.97. The molecule has 0 unspecified atom stereocenters. The van der Waals surface area contributed by atoms with E-state index in [2.05, 4.69) is 31.5 Å². The normalized spacial score (nSPS) is 10.6. The molecule has 0 saturated heterocycles. The highest BCUT2D eigenvalue weighted by atomic mass is 35.5. The van der Waals surface area contributed by atoms with E-state index in [9.17, 15) is 8.42 Å². The van der Waals surface area contributed by atoms with E-state index < -0.39 is 10.0 Å². The summed E-state index contributed by atoms with van der Waals surface area (Å²) < 4.78 is 32.9. The first-order valence-electron chi connectivity index (χ1n) is 7.79. The zero-order valence-corrected chi connectivity index (χ0v) is 16.1. The first kappa shape index (κ1) is 19.4. The molecule has 2 aromatic heterocycles. The molecule has 8 nitrogen and oxygen atoms in total. The van der Waals surface area contributed by atoms with Crippen molar-refractivity contribution < 1.29 is 13.2 Å². The summed E-state index contributed by atoms with van der Waals surface area (Å²) in [7, 11) is -2.65. The van der Waals surface area contributed by atoms with Crippen LogP contribution in [0.1, 0.15) is 11.1 Å². The topological polar surface area (TPSA) is 120 Å². The Morgan fingerprint density at radius 3 is 2.50 bits per heavy atom. The van der Waals surface area contributed by atoms with Gasteiger partial charge in [-0.3, -0.25) is 4.72 Å². The molecule has 0 aliphatic carbocycles. The minimum Gasteiger partial charge on any atom is -0.480 e. The lowest BCUT2D eigenvalue weighted by Crippen LogP contribution is -2.14. The van der Waals surface area contributed by atoms with E-state index in [0.717, 1.165) is 0 Å². The van der Waals surface area contributed by atoms with Gasteiger partial charge in [-0.15, -0.1) is 0 Å². The van der Waals surface area contributed by atoms with Gasteiger partial charge in [0.05, 0.1) is 23.4 Å². The first-order chi connectivity index (χ1) is 13.4. The molecule has 3 rings (SSSR count). The van der Waals surface area contributed by atoms with Crippen molar-refractivity contribution in [2.24, 2.45) is 0 Å². The predicted octanol–water partition coefficient (Wildman–Crippen LogP) is 2.32. The predicted molar refractivity (Wildman–Crippen MR) is 105 cm³/mol. The van der Waals surface area contributed by atoms with Gasteiger partial charge in [-0.2, -0.15) is 0 Å². The van der Waals surface area contributed by atoms with E-state index in [1.54, 1.807) is 24.3 Å². The maximum Gasteiger partial charge on any atom is 0.267 e. The van der Waals surface area contributed by atoms with E-state index >= 15 is 0 Å². The summed E-state index contributed by atoms with van der Waals surface area (Å²) in [6.45, 7) is 0. The van der Waals surface area contributed by atoms with Crippen molar-refractivity contribution in [2.75, 3.05) is 17.6 Å². The summed E-state index contributed by atoms with van der Waals surface area (Å²) in [6.07, 6.45) is 4.30. The maximum atomic E-state index is 12.7. The number of hydrogen-bond donors (Lipinski definition) is 2. The van der Waals surface area contributed by atoms with Crippen LogP contribution in [0.15, 0.2) is 53.8 Å². The zero-order chi connectivity index (χ0) is 20.1.